The highest BCUT2D eigenvalue weighted by Gasteiger charge is 2.34. The topological polar surface area (TPSA) is 38.3 Å². The lowest BCUT2D eigenvalue weighted by Gasteiger charge is -2.37. The third-order valence-corrected chi connectivity index (χ3v) is 6.45. The average Bonchev–Trinajstić information content (AvgIpc) is 2.73. The molecule has 30 heavy (non-hydrogen) atoms. The molecule has 1 unspecified atom stereocenters. The first kappa shape index (κ1) is 20.8. The van der Waals surface area contributed by atoms with E-state index in [0.717, 1.165) is 28.5 Å². The monoisotopic (exact) mass is 437 g/mol. The number of carbonyl (C=O) groups is 1. The summed E-state index contributed by atoms with van der Waals surface area (Å²) in [5.41, 5.74) is 2.54. The molecule has 1 aliphatic rings. The fourth-order valence-corrected chi connectivity index (χ4v) is 4.60. The van der Waals surface area contributed by atoms with Crippen LogP contribution < -0.4 is 10.1 Å². The molecule has 1 N–H and O–H groups in total. The summed E-state index contributed by atoms with van der Waals surface area (Å²) in [7, 11) is 0. The summed E-state index contributed by atoms with van der Waals surface area (Å²) in [4.78, 5) is 14.1. The van der Waals surface area contributed by atoms with Crippen LogP contribution in [0.3, 0.4) is 0 Å². The summed E-state index contributed by atoms with van der Waals surface area (Å²) >= 11 is 7.68. The van der Waals surface area contributed by atoms with Gasteiger partial charge in [-0.25, -0.2) is 0 Å². The van der Waals surface area contributed by atoms with Gasteiger partial charge in [0.2, 0.25) is 0 Å². The van der Waals surface area contributed by atoms with Gasteiger partial charge < -0.3 is 10.1 Å². The summed E-state index contributed by atoms with van der Waals surface area (Å²) < 4.78 is 6.06. The van der Waals surface area contributed by atoms with Gasteiger partial charge in [-0.2, -0.15) is 0 Å². The van der Waals surface area contributed by atoms with Crippen molar-refractivity contribution in [3.63, 3.8) is 0 Å². The van der Waals surface area contributed by atoms with Crippen LogP contribution in [0.4, 0.5) is 0 Å². The summed E-state index contributed by atoms with van der Waals surface area (Å²) in [6.45, 7) is 4.10. The maximum Gasteiger partial charge on any atom is 0.251 e. The van der Waals surface area contributed by atoms with E-state index in [1.807, 2.05) is 72.8 Å². The van der Waals surface area contributed by atoms with E-state index in [-0.39, 0.29) is 17.6 Å². The van der Waals surface area contributed by atoms with E-state index in [2.05, 4.69) is 19.2 Å². The van der Waals surface area contributed by atoms with Crippen molar-refractivity contribution in [3.05, 3.63) is 94.5 Å². The molecule has 5 heteroatoms. The maximum atomic E-state index is 12.9. The Kier molecular flexibility index (Phi) is 6.07. The number of hydrogen-bond donors (Lipinski definition) is 1. The Labute approximate surface area is 186 Å². The molecule has 3 aromatic carbocycles. The minimum atomic E-state index is -0.324. The van der Waals surface area contributed by atoms with Gasteiger partial charge in [-0.15, -0.1) is 11.8 Å². The molecule has 0 fully saturated rings. The van der Waals surface area contributed by atoms with E-state index >= 15 is 0 Å². The van der Waals surface area contributed by atoms with E-state index in [9.17, 15) is 4.79 Å². The van der Waals surface area contributed by atoms with Crippen molar-refractivity contribution in [2.24, 2.45) is 0 Å². The van der Waals surface area contributed by atoms with Crippen LogP contribution in [0.15, 0.2) is 77.7 Å². The summed E-state index contributed by atoms with van der Waals surface area (Å²) in [5.74, 6) is 1.61. The summed E-state index contributed by atoms with van der Waals surface area (Å²) in [6.07, 6.45) is 0.728. The van der Waals surface area contributed by atoms with E-state index in [0.29, 0.717) is 5.56 Å². The maximum absolute atomic E-state index is 12.9. The van der Waals surface area contributed by atoms with Gasteiger partial charge in [0, 0.05) is 33.2 Å². The highest BCUT2D eigenvalue weighted by molar-refractivity contribution is 7.98. The molecule has 0 radical (unpaired) electrons. The van der Waals surface area contributed by atoms with Gasteiger partial charge in [0.25, 0.3) is 5.91 Å². The first-order valence-electron chi connectivity index (χ1n) is 9.96. The molecule has 3 nitrogen and oxygen atoms in total. The van der Waals surface area contributed by atoms with Crippen LogP contribution in [0.1, 0.15) is 47.8 Å². The molecular weight excluding hydrogens is 414 g/mol. The minimum Gasteiger partial charge on any atom is -0.487 e. The fraction of sp³-hybridized carbons (Fsp3) is 0.240. The van der Waals surface area contributed by atoms with Gasteiger partial charge >= 0.3 is 0 Å². The van der Waals surface area contributed by atoms with Gasteiger partial charge in [0.05, 0.1) is 6.04 Å². The second-order valence-corrected chi connectivity index (χ2v) is 9.55. The average molecular weight is 438 g/mol. The highest BCUT2D eigenvalue weighted by Crippen LogP contribution is 2.39. The Bertz CT molecular complexity index is 1030. The second-order valence-electron chi connectivity index (χ2n) is 8.07. The van der Waals surface area contributed by atoms with Gasteiger partial charge in [-0.3, -0.25) is 4.79 Å². The predicted molar refractivity (Wildman–Crippen MR) is 123 cm³/mol. The van der Waals surface area contributed by atoms with Crippen LogP contribution in [-0.4, -0.2) is 11.5 Å². The number of halogens is 1. The largest absolute Gasteiger partial charge is 0.487 e. The SMILES string of the molecule is CC1(C)CC(NC(=O)c2ccc(CSc3ccc(Cl)cc3)cc2)c2ccccc2O1. The molecule has 1 atom stereocenters. The molecule has 0 saturated heterocycles. The second kappa shape index (κ2) is 8.75. The van der Waals surface area contributed by atoms with E-state index in [1.54, 1.807) is 11.8 Å². The zero-order chi connectivity index (χ0) is 21.1. The summed E-state index contributed by atoms with van der Waals surface area (Å²) in [5, 5.41) is 3.93. The fourth-order valence-electron chi connectivity index (χ4n) is 3.62. The molecule has 0 bridgehead atoms. The summed E-state index contributed by atoms with van der Waals surface area (Å²) in [6, 6.07) is 23.5. The lowest BCUT2D eigenvalue weighted by molar-refractivity contribution is 0.0619. The molecule has 0 aliphatic carbocycles. The van der Waals surface area contributed by atoms with Gasteiger partial charge in [0.1, 0.15) is 11.4 Å². The molecule has 4 rings (SSSR count). The smallest absolute Gasteiger partial charge is 0.251 e. The van der Waals surface area contributed by atoms with Crippen molar-refractivity contribution in [2.75, 3.05) is 0 Å². The molecule has 0 aromatic heterocycles. The number of benzene rings is 3. The number of thioether (sulfide) groups is 1. The van der Waals surface area contributed by atoms with Gasteiger partial charge in [-0.1, -0.05) is 41.9 Å². The highest BCUT2D eigenvalue weighted by atomic mass is 35.5. The van der Waals surface area contributed by atoms with Crippen LogP contribution in [0, 0.1) is 0 Å². The molecular formula is C25H24ClNO2S. The predicted octanol–water partition coefficient (Wildman–Crippen LogP) is 6.66. The molecule has 154 valence electrons. The van der Waals surface area contributed by atoms with Crippen molar-refractivity contribution in [3.8, 4) is 5.75 Å². The molecule has 1 amide bonds. The lowest BCUT2D eigenvalue weighted by Crippen LogP contribution is -2.41. The first-order valence-corrected chi connectivity index (χ1v) is 11.3. The number of rotatable bonds is 5. The number of ether oxygens (including phenoxy) is 1. The Morgan fingerprint density at radius 2 is 1.77 bits per heavy atom. The zero-order valence-corrected chi connectivity index (χ0v) is 18.6. The number of hydrogen-bond acceptors (Lipinski definition) is 3. The normalized spacial score (nSPS) is 17.0. The molecule has 1 aliphatic heterocycles. The van der Waals surface area contributed by atoms with Crippen LogP contribution in [0.25, 0.3) is 0 Å². The Morgan fingerprint density at radius 3 is 2.50 bits per heavy atom. The third kappa shape index (κ3) is 5.00. The number of para-hydroxylation sites is 1. The number of nitrogens with one attached hydrogen (secondary N) is 1. The third-order valence-electron chi connectivity index (χ3n) is 5.12. The van der Waals surface area contributed by atoms with Crippen LogP contribution >= 0.6 is 23.4 Å². The van der Waals surface area contributed by atoms with Crippen molar-refractivity contribution in [2.45, 2.75) is 42.6 Å². The van der Waals surface area contributed by atoms with Crippen molar-refractivity contribution in [1.82, 2.24) is 5.32 Å². The van der Waals surface area contributed by atoms with E-state index in [1.165, 1.54) is 10.5 Å². The van der Waals surface area contributed by atoms with Crippen molar-refractivity contribution < 1.29 is 9.53 Å². The number of amides is 1. The number of carbonyl (C=O) groups excluding carboxylic acids is 1. The zero-order valence-electron chi connectivity index (χ0n) is 17.0. The van der Waals surface area contributed by atoms with Crippen LogP contribution in [0.2, 0.25) is 5.02 Å². The number of fused-ring (bicyclic) bond motifs is 1. The Hall–Kier alpha value is -2.43. The molecule has 0 spiro atoms. The van der Waals surface area contributed by atoms with Gasteiger partial charge in [0.15, 0.2) is 0 Å². The van der Waals surface area contributed by atoms with Crippen LogP contribution in [0.5, 0.6) is 5.75 Å². The quantitative estimate of drug-likeness (QED) is 0.453. The van der Waals surface area contributed by atoms with E-state index in [4.69, 9.17) is 16.3 Å². The minimum absolute atomic E-state index is 0.0654. The Balaban J connectivity index is 1.41. The lowest BCUT2D eigenvalue weighted by atomic mass is 9.89. The van der Waals surface area contributed by atoms with Crippen molar-refractivity contribution >= 4 is 29.3 Å². The van der Waals surface area contributed by atoms with Crippen LogP contribution in [-0.2, 0) is 5.75 Å². The van der Waals surface area contributed by atoms with Gasteiger partial charge in [-0.05, 0) is 61.9 Å². The molecule has 1 heterocycles. The first-order chi connectivity index (χ1) is 14.4. The molecule has 0 saturated carbocycles. The van der Waals surface area contributed by atoms with Crippen molar-refractivity contribution in [1.29, 1.82) is 0 Å². The standard InChI is InChI=1S/C25H24ClNO2S/c1-25(2)15-22(21-5-3-4-6-23(21)29-25)27-24(28)18-9-7-17(8-10-18)16-30-20-13-11-19(26)12-14-20/h3-14,22H,15-16H2,1-2H3,(H,27,28). The van der Waals surface area contributed by atoms with E-state index < -0.39 is 0 Å². The molecule has 3 aromatic rings. The Morgan fingerprint density at radius 1 is 1.07 bits per heavy atom.